The van der Waals surface area contributed by atoms with E-state index in [-0.39, 0.29) is 5.91 Å². The summed E-state index contributed by atoms with van der Waals surface area (Å²) in [5, 5.41) is 10.2. The average molecular weight is 381 g/mol. The first-order chi connectivity index (χ1) is 7.99. The normalized spacial score (nSPS) is 22.4. The summed E-state index contributed by atoms with van der Waals surface area (Å²) in [5.74, 6) is 0.445. The molecule has 0 unspecified atom stereocenters. The van der Waals surface area contributed by atoms with Gasteiger partial charge in [0, 0.05) is 4.47 Å². The fraction of sp³-hybridized carbons (Fsp3) is 0.545. The number of halogens is 2. The van der Waals surface area contributed by atoms with Crippen molar-refractivity contribution in [3.63, 3.8) is 0 Å². The molecule has 0 aromatic carbocycles. The lowest BCUT2D eigenvalue weighted by molar-refractivity contribution is -0.0956. The largest absolute Gasteiger partial charge is 0.386 e. The second-order valence-electron chi connectivity index (χ2n) is 4.77. The van der Waals surface area contributed by atoms with E-state index in [4.69, 9.17) is 0 Å². The molecule has 0 bridgehead atoms. The van der Waals surface area contributed by atoms with E-state index >= 15 is 0 Å². The monoisotopic (exact) mass is 379 g/mol. The molecule has 1 aromatic rings. The van der Waals surface area contributed by atoms with Gasteiger partial charge >= 0.3 is 0 Å². The molecular weight excluding hydrogens is 370 g/mol. The van der Waals surface area contributed by atoms with Crippen LogP contribution in [0.2, 0.25) is 0 Å². The molecule has 1 N–H and O–H groups in total. The Morgan fingerprint density at radius 3 is 2.59 bits per heavy atom. The van der Waals surface area contributed by atoms with Gasteiger partial charge in [-0.25, -0.2) is 0 Å². The third-order valence-electron chi connectivity index (χ3n) is 3.41. The highest BCUT2D eigenvalue weighted by atomic mass is 79.9. The third-order valence-corrected chi connectivity index (χ3v) is 6.65. The van der Waals surface area contributed by atoms with Crippen LogP contribution in [0.4, 0.5) is 0 Å². The van der Waals surface area contributed by atoms with Gasteiger partial charge in [-0.2, -0.15) is 0 Å². The highest BCUT2D eigenvalue weighted by Gasteiger charge is 2.53. The molecule has 1 saturated carbocycles. The minimum absolute atomic E-state index is 0.0201. The lowest BCUT2D eigenvalue weighted by atomic mass is 9.88. The van der Waals surface area contributed by atoms with E-state index in [1.165, 1.54) is 11.3 Å². The second kappa shape index (κ2) is 4.05. The van der Waals surface area contributed by atoms with Gasteiger partial charge in [-0.3, -0.25) is 4.79 Å². The number of hydrogen-bond acceptors (Lipinski definition) is 3. The number of carbonyl (C=O) groups is 1. The molecule has 1 aliphatic carbocycles. The van der Waals surface area contributed by atoms with Gasteiger partial charge in [0.25, 0.3) is 5.91 Å². The van der Waals surface area contributed by atoms with Crippen LogP contribution in [0.1, 0.15) is 22.5 Å². The van der Waals surface area contributed by atoms with Gasteiger partial charge in [0.2, 0.25) is 0 Å². The Hall–Kier alpha value is 0.0900. The van der Waals surface area contributed by atoms with Crippen molar-refractivity contribution < 1.29 is 9.90 Å². The SMILES string of the molecule is O=C(c1cc(Br)c(Br)s1)N1CC(O)(C2CC2)C1. The third kappa shape index (κ3) is 2.09. The zero-order valence-electron chi connectivity index (χ0n) is 8.95. The van der Waals surface area contributed by atoms with Crippen LogP contribution in [0.15, 0.2) is 14.3 Å². The van der Waals surface area contributed by atoms with Gasteiger partial charge in [0.05, 0.1) is 21.8 Å². The van der Waals surface area contributed by atoms with Crippen LogP contribution in [-0.4, -0.2) is 34.6 Å². The Bertz CT molecular complexity index is 458. The van der Waals surface area contributed by atoms with E-state index in [0.717, 1.165) is 21.1 Å². The van der Waals surface area contributed by atoms with Gasteiger partial charge in [0.1, 0.15) is 5.60 Å². The number of thiophene rings is 1. The molecular formula is C11H11Br2NO2S. The maximum atomic E-state index is 12.1. The molecule has 0 atom stereocenters. The van der Waals surface area contributed by atoms with Crippen LogP contribution in [-0.2, 0) is 0 Å². The molecule has 17 heavy (non-hydrogen) atoms. The van der Waals surface area contributed by atoms with E-state index in [1.807, 2.05) is 6.07 Å². The van der Waals surface area contributed by atoms with Crippen molar-refractivity contribution in [2.24, 2.45) is 5.92 Å². The Kier molecular flexibility index (Phi) is 2.89. The second-order valence-corrected chi connectivity index (χ2v) is 8.00. The first kappa shape index (κ1) is 12.1. The van der Waals surface area contributed by atoms with Gasteiger partial charge < -0.3 is 10.0 Å². The Balaban J connectivity index is 1.68. The minimum Gasteiger partial charge on any atom is -0.386 e. The average Bonchev–Trinajstić information content (AvgIpc) is 3.02. The van der Waals surface area contributed by atoms with E-state index in [1.54, 1.807) is 4.90 Å². The van der Waals surface area contributed by atoms with Crippen LogP contribution in [0, 0.1) is 5.92 Å². The minimum atomic E-state index is -0.596. The van der Waals surface area contributed by atoms with Gasteiger partial charge in [0.15, 0.2) is 0 Å². The standard InChI is InChI=1S/C11H11Br2NO2S/c12-7-3-8(17-9(7)13)10(15)14-4-11(16,5-14)6-1-2-6/h3,6,16H,1-2,4-5H2. The summed E-state index contributed by atoms with van der Waals surface area (Å²) in [7, 11) is 0. The fourth-order valence-corrected chi connectivity index (χ4v) is 4.25. The van der Waals surface area contributed by atoms with Crippen molar-refractivity contribution in [2.75, 3.05) is 13.1 Å². The smallest absolute Gasteiger partial charge is 0.264 e. The number of nitrogens with zero attached hydrogens (tertiary/aromatic N) is 1. The Morgan fingerprint density at radius 2 is 2.12 bits per heavy atom. The van der Waals surface area contributed by atoms with Gasteiger partial charge in [-0.15, -0.1) is 11.3 Å². The number of likely N-dealkylation sites (tertiary alicyclic amines) is 1. The molecule has 0 spiro atoms. The first-order valence-corrected chi connectivity index (χ1v) is 7.86. The van der Waals surface area contributed by atoms with Crippen molar-refractivity contribution >= 4 is 49.1 Å². The Morgan fingerprint density at radius 1 is 1.47 bits per heavy atom. The molecule has 3 nitrogen and oxygen atoms in total. The summed E-state index contributed by atoms with van der Waals surface area (Å²) >= 11 is 8.17. The molecule has 1 amide bonds. The van der Waals surface area contributed by atoms with Gasteiger partial charge in [-0.1, -0.05) is 0 Å². The lowest BCUT2D eigenvalue weighted by Crippen LogP contribution is -2.64. The molecule has 6 heteroatoms. The lowest BCUT2D eigenvalue weighted by Gasteiger charge is -2.46. The van der Waals surface area contributed by atoms with Crippen molar-refractivity contribution in [3.8, 4) is 0 Å². The Labute approximate surface area is 120 Å². The maximum Gasteiger partial charge on any atom is 0.264 e. The van der Waals surface area contributed by atoms with Crippen molar-refractivity contribution in [1.82, 2.24) is 4.90 Å². The van der Waals surface area contributed by atoms with E-state index in [2.05, 4.69) is 31.9 Å². The molecule has 92 valence electrons. The molecule has 0 radical (unpaired) electrons. The number of carbonyl (C=O) groups excluding carboxylic acids is 1. The molecule has 1 aliphatic heterocycles. The summed E-state index contributed by atoms with van der Waals surface area (Å²) in [6.45, 7) is 0.979. The van der Waals surface area contributed by atoms with Crippen molar-refractivity contribution in [1.29, 1.82) is 0 Å². The number of β-amino-alcohol motifs (C(OH)–C–C–N with tert-alkyl or cyclic N) is 1. The van der Waals surface area contributed by atoms with Crippen LogP contribution >= 0.6 is 43.2 Å². The molecule has 2 fully saturated rings. The topological polar surface area (TPSA) is 40.5 Å². The quantitative estimate of drug-likeness (QED) is 0.856. The van der Waals surface area contributed by atoms with Crippen LogP contribution in [0.5, 0.6) is 0 Å². The van der Waals surface area contributed by atoms with Crippen molar-refractivity contribution in [3.05, 3.63) is 19.2 Å². The molecule has 1 aromatic heterocycles. The zero-order valence-corrected chi connectivity index (χ0v) is 12.9. The molecule has 1 saturated heterocycles. The summed E-state index contributed by atoms with van der Waals surface area (Å²) in [6.07, 6.45) is 2.21. The summed E-state index contributed by atoms with van der Waals surface area (Å²) < 4.78 is 1.84. The molecule has 2 aliphatic rings. The summed E-state index contributed by atoms with van der Waals surface area (Å²) in [5.41, 5.74) is -0.596. The fourth-order valence-electron chi connectivity index (χ4n) is 2.25. The predicted octanol–water partition coefficient (Wildman–Crippen LogP) is 2.87. The number of rotatable bonds is 2. The highest BCUT2D eigenvalue weighted by Crippen LogP contribution is 2.45. The molecule has 3 rings (SSSR count). The summed E-state index contributed by atoms with van der Waals surface area (Å²) in [4.78, 5) is 14.5. The number of aliphatic hydroxyl groups is 1. The molecule has 2 heterocycles. The summed E-state index contributed by atoms with van der Waals surface area (Å²) in [6, 6.07) is 1.82. The predicted molar refractivity (Wildman–Crippen MR) is 73.3 cm³/mol. The van der Waals surface area contributed by atoms with Crippen LogP contribution in [0.25, 0.3) is 0 Å². The van der Waals surface area contributed by atoms with Crippen LogP contribution < -0.4 is 0 Å². The first-order valence-electron chi connectivity index (χ1n) is 5.46. The van der Waals surface area contributed by atoms with E-state index in [0.29, 0.717) is 23.9 Å². The highest BCUT2D eigenvalue weighted by molar-refractivity contribution is 9.13. The number of amides is 1. The van der Waals surface area contributed by atoms with Crippen LogP contribution in [0.3, 0.4) is 0 Å². The van der Waals surface area contributed by atoms with Gasteiger partial charge in [-0.05, 0) is 56.7 Å². The zero-order chi connectivity index (χ0) is 12.2. The van der Waals surface area contributed by atoms with E-state index < -0.39 is 5.60 Å². The van der Waals surface area contributed by atoms with Crippen molar-refractivity contribution in [2.45, 2.75) is 18.4 Å². The maximum absolute atomic E-state index is 12.1. The number of hydrogen-bond donors (Lipinski definition) is 1. The van der Waals surface area contributed by atoms with E-state index in [9.17, 15) is 9.90 Å².